The molecule has 0 N–H and O–H groups in total. The highest BCUT2D eigenvalue weighted by Gasteiger charge is 2.17. The fourth-order valence-corrected chi connectivity index (χ4v) is 5.51. The summed E-state index contributed by atoms with van der Waals surface area (Å²) in [6.45, 7) is 0. The molecule has 7 rings (SSSR count). The smallest absolute Gasteiger partial charge is 0.143 e. The summed E-state index contributed by atoms with van der Waals surface area (Å²) in [6.07, 6.45) is 0. The van der Waals surface area contributed by atoms with E-state index >= 15 is 0 Å². The van der Waals surface area contributed by atoms with E-state index in [4.69, 9.17) is 4.42 Å². The van der Waals surface area contributed by atoms with Crippen LogP contribution < -0.4 is 4.90 Å². The quantitative estimate of drug-likeness (QED) is 0.219. The van der Waals surface area contributed by atoms with Crippen LogP contribution in [0.3, 0.4) is 0 Å². The van der Waals surface area contributed by atoms with Crippen LogP contribution in [0.5, 0.6) is 0 Å². The first-order chi connectivity index (χ1) is 20.7. The Morgan fingerprint density at radius 1 is 0.476 bits per heavy atom. The van der Waals surface area contributed by atoms with Crippen molar-refractivity contribution in [3.63, 3.8) is 0 Å². The summed E-state index contributed by atoms with van der Waals surface area (Å²) in [6, 6.07) is 50.9. The second kappa shape index (κ2) is 10.5. The van der Waals surface area contributed by atoms with Crippen LogP contribution in [0.2, 0.25) is 0 Å². The van der Waals surface area contributed by atoms with Gasteiger partial charge in [0, 0.05) is 33.4 Å². The lowest BCUT2D eigenvalue weighted by atomic mass is 10.0. The van der Waals surface area contributed by atoms with E-state index in [1.54, 1.807) is 12.1 Å². The molecule has 0 aliphatic rings. The maximum Gasteiger partial charge on any atom is 0.143 e. The van der Waals surface area contributed by atoms with Crippen molar-refractivity contribution in [1.82, 2.24) is 0 Å². The molecule has 0 amide bonds. The van der Waals surface area contributed by atoms with Gasteiger partial charge in [0.1, 0.15) is 23.3 Å². The lowest BCUT2D eigenvalue weighted by Gasteiger charge is -2.26. The van der Waals surface area contributed by atoms with Crippen LogP contribution in [0.4, 0.5) is 17.1 Å². The molecule has 0 aliphatic heterocycles. The lowest BCUT2D eigenvalue weighted by molar-refractivity contribution is 0.670. The maximum atomic E-state index is 9.73. The SMILES string of the molecule is N#Cc1ccc(N(c2ccc(-c3ccccc3)cc2)c2ccc(-c3cccc4c3oc3ccccc34)cc2)cc1C#N. The molecule has 0 atom stereocenters. The van der Waals surface area contributed by atoms with E-state index in [2.05, 4.69) is 102 Å². The van der Waals surface area contributed by atoms with E-state index in [1.807, 2.05) is 42.5 Å². The molecular formula is C38H23N3O. The molecule has 0 saturated heterocycles. The number of anilines is 3. The maximum absolute atomic E-state index is 9.73. The zero-order valence-electron chi connectivity index (χ0n) is 22.5. The Morgan fingerprint density at radius 3 is 1.79 bits per heavy atom. The molecule has 1 aromatic heterocycles. The molecule has 196 valence electrons. The van der Waals surface area contributed by atoms with Gasteiger partial charge < -0.3 is 9.32 Å². The van der Waals surface area contributed by atoms with Crippen molar-refractivity contribution >= 4 is 39.0 Å². The van der Waals surface area contributed by atoms with Gasteiger partial charge >= 0.3 is 0 Å². The Kier molecular flexibility index (Phi) is 6.21. The minimum atomic E-state index is 0.342. The normalized spacial score (nSPS) is 10.8. The predicted molar refractivity (Wildman–Crippen MR) is 169 cm³/mol. The third-order valence-corrected chi connectivity index (χ3v) is 7.58. The van der Waals surface area contributed by atoms with Gasteiger partial charge in [0.2, 0.25) is 0 Å². The van der Waals surface area contributed by atoms with E-state index < -0.39 is 0 Å². The molecule has 7 aromatic rings. The molecule has 0 bridgehead atoms. The van der Waals surface area contributed by atoms with Crippen LogP contribution >= 0.6 is 0 Å². The van der Waals surface area contributed by atoms with Gasteiger partial charge in [-0.1, -0.05) is 91.0 Å². The highest BCUT2D eigenvalue weighted by molar-refractivity contribution is 6.09. The number of hydrogen-bond donors (Lipinski definition) is 0. The number of para-hydroxylation sites is 2. The Morgan fingerprint density at radius 2 is 1.07 bits per heavy atom. The molecule has 6 aromatic carbocycles. The summed E-state index contributed by atoms with van der Waals surface area (Å²) in [7, 11) is 0. The average molecular weight is 538 g/mol. The summed E-state index contributed by atoms with van der Waals surface area (Å²) in [5.74, 6) is 0. The Bertz CT molecular complexity index is 2150. The monoisotopic (exact) mass is 537 g/mol. The first-order valence-corrected chi connectivity index (χ1v) is 13.6. The number of nitriles is 2. The number of fused-ring (bicyclic) bond motifs is 3. The van der Waals surface area contributed by atoms with Crippen LogP contribution in [0, 0.1) is 22.7 Å². The molecule has 0 radical (unpaired) electrons. The highest BCUT2D eigenvalue weighted by atomic mass is 16.3. The molecule has 4 nitrogen and oxygen atoms in total. The van der Waals surface area contributed by atoms with Crippen molar-refractivity contribution in [3.8, 4) is 34.4 Å². The molecule has 1 heterocycles. The predicted octanol–water partition coefficient (Wildman–Crippen LogP) is 10.1. The first kappa shape index (κ1) is 24.9. The fraction of sp³-hybridized carbons (Fsp3) is 0. The van der Waals surface area contributed by atoms with Gasteiger partial charge in [-0.25, -0.2) is 0 Å². The van der Waals surface area contributed by atoms with E-state index in [9.17, 15) is 10.5 Å². The summed E-state index contributed by atoms with van der Waals surface area (Å²) in [4.78, 5) is 2.10. The third-order valence-electron chi connectivity index (χ3n) is 7.58. The van der Waals surface area contributed by atoms with Gasteiger partial charge in [-0.15, -0.1) is 0 Å². The zero-order chi connectivity index (χ0) is 28.5. The molecular weight excluding hydrogens is 514 g/mol. The van der Waals surface area contributed by atoms with Gasteiger partial charge in [0.25, 0.3) is 0 Å². The summed E-state index contributed by atoms with van der Waals surface area (Å²) < 4.78 is 6.28. The van der Waals surface area contributed by atoms with Crippen LogP contribution in [0.25, 0.3) is 44.2 Å². The van der Waals surface area contributed by atoms with Gasteiger partial charge in [-0.05, 0) is 65.2 Å². The average Bonchev–Trinajstić information content (AvgIpc) is 3.45. The molecule has 42 heavy (non-hydrogen) atoms. The number of hydrogen-bond acceptors (Lipinski definition) is 4. The van der Waals surface area contributed by atoms with Crippen molar-refractivity contribution in [2.45, 2.75) is 0 Å². The Hall–Kier alpha value is -6.10. The topological polar surface area (TPSA) is 64.0 Å². The van der Waals surface area contributed by atoms with Gasteiger partial charge in [-0.3, -0.25) is 0 Å². The van der Waals surface area contributed by atoms with Gasteiger partial charge in [0.05, 0.1) is 11.1 Å². The first-order valence-electron chi connectivity index (χ1n) is 13.6. The second-order valence-electron chi connectivity index (χ2n) is 10.0. The molecule has 0 aliphatic carbocycles. The van der Waals surface area contributed by atoms with Crippen LogP contribution in [-0.4, -0.2) is 0 Å². The fourth-order valence-electron chi connectivity index (χ4n) is 5.51. The number of rotatable bonds is 5. The number of benzene rings is 6. The van der Waals surface area contributed by atoms with Crippen molar-refractivity contribution in [2.75, 3.05) is 4.90 Å². The van der Waals surface area contributed by atoms with E-state index in [1.165, 1.54) is 0 Å². The highest BCUT2D eigenvalue weighted by Crippen LogP contribution is 2.39. The third kappa shape index (κ3) is 4.34. The van der Waals surface area contributed by atoms with E-state index in [0.717, 1.165) is 61.3 Å². The van der Waals surface area contributed by atoms with Crippen LogP contribution in [0.15, 0.2) is 144 Å². The summed E-state index contributed by atoms with van der Waals surface area (Å²) >= 11 is 0. The molecule has 4 heteroatoms. The van der Waals surface area contributed by atoms with E-state index in [0.29, 0.717) is 11.1 Å². The minimum Gasteiger partial charge on any atom is -0.455 e. The van der Waals surface area contributed by atoms with Crippen LogP contribution in [-0.2, 0) is 0 Å². The van der Waals surface area contributed by atoms with Crippen LogP contribution in [0.1, 0.15) is 11.1 Å². The van der Waals surface area contributed by atoms with Crippen molar-refractivity contribution in [2.24, 2.45) is 0 Å². The zero-order valence-corrected chi connectivity index (χ0v) is 22.5. The lowest BCUT2D eigenvalue weighted by Crippen LogP contribution is -2.10. The summed E-state index contributed by atoms with van der Waals surface area (Å²) in [5, 5.41) is 21.4. The molecule has 0 fully saturated rings. The summed E-state index contributed by atoms with van der Waals surface area (Å²) in [5.41, 5.74) is 9.43. The Balaban J connectivity index is 1.32. The number of nitrogens with zero attached hydrogens (tertiary/aromatic N) is 3. The molecule has 0 saturated carbocycles. The van der Waals surface area contributed by atoms with Crippen molar-refractivity contribution in [3.05, 3.63) is 151 Å². The minimum absolute atomic E-state index is 0.342. The van der Waals surface area contributed by atoms with Gasteiger partial charge in [0.15, 0.2) is 0 Å². The van der Waals surface area contributed by atoms with Crippen molar-refractivity contribution in [1.29, 1.82) is 10.5 Å². The standard InChI is InChI=1S/C38H23N3O/c39-24-29-17-22-33(23-30(29)25-40)41(31-18-13-27(14-19-31)26-7-2-1-3-8-26)32-20-15-28(16-21-32)34-10-6-11-36-35-9-4-5-12-37(35)42-38(34)36/h1-23H. The number of furan rings is 1. The molecule has 0 unspecified atom stereocenters. The van der Waals surface area contributed by atoms with Gasteiger partial charge in [-0.2, -0.15) is 10.5 Å². The second-order valence-corrected chi connectivity index (χ2v) is 10.0. The molecule has 0 spiro atoms. The Labute approximate surface area is 243 Å². The van der Waals surface area contributed by atoms with E-state index in [-0.39, 0.29) is 0 Å². The largest absolute Gasteiger partial charge is 0.455 e. The van der Waals surface area contributed by atoms with Crippen molar-refractivity contribution < 1.29 is 4.42 Å².